The second kappa shape index (κ2) is 11.7. The number of hydrogen-bond acceptors (Lipinski definition) is 5. The number of unbranched alkanes of at least 4 members (excludes halogenated alkanes) is 3. The summed E-state index contributed by atoms with van der Waals surface area (Å²) < 4.78 is 10.6. The maximum absolute atomic E-state index is 11.1. The van der Waals surface area contributed by atoms with Crippen LogP contribution in [0.3, 0.4) is 0 Å². The number of methoxy groups -OCH3 is 1. The van der Waals surface area contributed by atoms with Gasteiger partial charge in [0.2, 0.25) is 0 Å². The van der Waals surface area contributed by atoms with Crippen LogP contribution in [-0.2, 0) is 14.3 Å². The average molecular weight is 401 g/mol. The van der Waals surface area contributed by atoms with Gasteiger partial charge in [-0.1, -0.05) is 25.0 Å². The number of aliphatic hydroxyl groups is 2. The number of carbonyl (C=O) groups is 1. The van der Waals surface area contributed by atoms with Crippen molar-refractivity contribution >= 4 is 17.6 Å². The van der Waals surface area contributed by atoms with Crippen LogP contribution in [0.5, 0.6) is 0 Å². The molecule has 5 nitrogen and oxygen atoms in total. The van der Waals surface area contributed by atoms with Gasteiger partial charge in [0.15, 0.2) is 0 Å². The van der Waals surface area contributed by atoms with Crippen molar-refractivity contribution in [3.05, 3.63) is 24.0 Å². The zero-order chi connectivity index (χ0) is 19.6. The molecule has 27 heavy (non-hydrogen) atoms. The van der Waals surface area contributed by atoms with Crippen LogP contribution < -0.4 is 0 Å². The third-order valence-corrected chi connectivity index (χ3v) is 5.77. The predicted octanol–water partition coefficient (Wildman–Crippen LogP) is 3.72. The van der Waals surface area contributed by atoms with E-state index in [0.29, 0.717) is 18.7 Å². The molecule has 6 heteroatoms. The van der Waals surface area contributed by atoms with Gasteiger partial charge in [-0.3, -0.25) is 4.79 Å². The molecular formula is C21H33ClO5. The van der Waals surface area contributed by atoms with Gasteiger partial charge in [0.05, 0.1) is 25.1 Å². The summed E-state index contributed by atoms with van der Waals surface area (Å²) in [6, 6.07) is 0. The largest absolute Gasteiger partial charge is 0.495 e. The van der Waals surface area contributed by atoms with Crippen LogP contribution in [0.15, 0.2) is 24.0 Å². The van der Waals surface area contributed by atoms with E-state index < -0.39 is 12.2 Å². The van der Waals surface area contributed by atoms with Crippen LogP contribution in [-0.4, -0.2) is 47.5 Å². The van der Waals surface area contributed by atoms with Gasteiger partial charge in [0.1, 0.15) is 6.10 Å². The Labute approximate surface area is 167 Å². The summed E-state index contributed by atoms with van der Waals surface area (Å²) in [7, 11) is 1.40. The molecule has 0 radical (unpaired) electrons. The highest BCUT2D eigenvalue weighted by Crippen LogP contribution is 2.45. The number of fused-ring (bicyclic) bond motifs is 1. The van der Waals surface area contributed by atoms with Crippen LogP contribution >= 0.6 is 11.6 Å². The highest BCUT2D eigenvalue weighted by molar-refractivity contribution is 6.17. The van der Waals surface area contributed by atoms with Crippen molar-refractivity contribution in [2.45, 2.75) is 76.1 Å². The molecule has 2 N–H and O–H groups in total. The Morgan fingerprint density at radius 3 is 2.93 bits per heavy atom. The normalized spacial score (nSPS) is 29.9. The summed E-state index contributed by atoms with van der Waals surface area (Å²) in [5.74, 6) is 1.72. The number of rotatable bonds is 11. The van der Waals surface area contributed by atoms with E-state index in [-0.39, 0.29) is 23.9 Å². The molecule has 0 aromatic rings. The number of carbonyl (C=O) groups excluding carboxylic acids is 1. The van der Waals surface area contributed by atoms with Crippen molar-refractivity contribution in [1.82, 2.24) is 0 Å². The van der Waals surface area contributed by atoms with Gasteiger partial charge in [0.25, 0.3) is 0 Å². The fourth-order valence-electron chi connectivity index (χ4n) is 3.97. The van der Waals surface area contributed by atoms with E-state index in [1.54, 1.807) is 0 Å². The molecule has 5 atom stereocenters. The molecule has 0 amide bonds. The van der Waals surface area contributed by atoms with E-state index in [9.17, 15) is 15.0 Å². The minimum absolute atomic E-state index is 0.0217. The number of aliphatic hydroxyl groups excluding tert-OH is 2. The zero-order valence-corrected chi connectivity index (χ0v) is 16.9. The average Bonchev–Trinajstić information content (AvgIpc) is 3.16. The van der Waals surface area contributed by atoms with Crippen LogP contribution in [0.4, 0.5) is 0 Å². The quantitative estimate of drug-likeness (QED) is 0.239. The third kappa shape index (κ3) is 7.13. The highest BCUT2D eigenvalue weighted by Gasteiger charge is 2.46. The first-order chi connectivity index (χ1) is 13.0. The highest BCUT2D eigenvalue weighted by atomic mass is 35.5. The number of esters is 1. The first-order valence-electron chi connectivity index (χ1n) is 10.1. The number of halogens is 1. The fourth-order valence-corrected chi connectivity index (χ4v) is 4.16. The van der Waals surface area contributed by atoms with Crippen molar-refractivity contribution in [1.29, 1.82) is 0 Å². The molecule has 2 rings (SSSR count). The van der Waals surface area contributed by atoms with E-state index in [1.165, 1.54) is 7.11 Å². The van der Waals surface area contributed by atoms with Crippen LogP contribution in [0.2, 0.25) is 0 Å². The van der Waals surface area contributed by atoms with Crippen LogP contribution in [0.25, 0.3) is 0 Å². The van der Waals surface area contributed by atoms with Gasteiger partial charge in [0, 0.05) is 37.0 Å². The molecule has 0 unspecified atom stereocenters. The van der Waals surface area contributed by atoms with E-state index in [1.807, 2.05) is 12.2 Å². The topological polar surface area (TPSA) is 76.0 Å². The molecule has 2 fully saturated rings. The van der Waals surface area contributed by atoms with Gasteiger partial charge in [-0.05, 0) is 31.8 Å². The molecule has 1 heterocycles. The monoisotopic (exact) mass is 400 g/mol. The minimum Gasteiger partial charge on any atom is -0.495 e. The number of allylic oxidation sites excluding steroid dienone is 2. The smallest absolute Gasteiger partial charge is 0.305 e. The molecule has 0 aromatic heterocycles. The maximum Gasteiger partial charge on any atom is 0.305 e. The van der Waals surface area contributed by atoms with Gasteiger partial charge in [-0.2, -0.15) is 0 Å². The Kier molecular flexibility index (Phi) is 9.66. The lowest BCUT2D eigenvalue weighted by molar-refractivity contribution is -0.140. The SMILES string of the molecule is COC(=O)CCC/C=C1/C[C@@H]2[C@@H](/C=C/[C@@H](O)CCCCCCl)[C@H](O)C[C@@H]2O1. The summed E-state index contributed by atoms with van der Waals surface area (Å²) in [5, 5.41) is 20.5. The number of hydrogen-bond donors (Lipinski definition) is 2. The second-order valence-corrected chi connectivity index (χ2v) is 7.91. The summed E-state index contributed by atoms with van der Waals surface area (Å²) in [4.78, 5) is 11.1. The summed E-state index contributed by atoms with van der Waals surface area (Å²) >= 11 is 5.66. The lowest BCUT2D eigenvalue weighted by Gasteiger charge is -2.16. The Morgan fingerprint density at radius 1 is 1.37 bits per heavy atom. The summed E-state index contributed by atoms with van der Waals surface area (Å²) in [6.07, 6.45) is 12.1. The van der Waals surface area contributed by atoms with Crippen molar-refractivity contribution < 1.29 is 24.5 Å². The van der Waals surface area contributed by atoms with E-state index >= 15 is 0 Å². The molecular weight excluding hydrogens is 368 g/mol. The third-order valence-electron chi connectivity index (χ3n) is 5.50. The summed E-state index contributed by atoms with van der Waals surface area (Å²) in [5.41, 5.74) is 0. The van der Waals surface area contributed by atoms with Crippen molar-refractivity contribution in [2.24, 2.45) is 11.8 Å². The predicted molar refractivity (Wildman–Crippen MR) is 105 cm³/mol. The van der Waals surface area contributed by atoms with E-state index in [0.717, 1.165) is 50.7 Å². The second-order valence-electron chi connectivity index (χ2n) is 7.53. The lowest BCUT2D eigenvalue weighted by atomic mass is 9.90. The van der Waals surface area contributed by atoms with Crippen molar-refractivity contribution in [3.63, 3.8) is 0 Å². The molecule has 1 aliphatic heterocycles. The molecule has 1 aliphatic carbocycles. The Morgan fingerprint density at radius 2 is 2.19 bits per heavy atom. The molecule has 1 saturated heterocycles. The minimum atomic E-state index is -0.470. The van der Waals surface area contributed by atoms with Gasteiger partial charge in [-0.15, -0.1) is 11.6 Å². The molecule has 154 valence electrons. The van der Waals surface area contributed by atoms with Crippen molar-refractivity contribution in [3.8, 4) is 0 Å². The number of alkyl halides is 1. The Bertz CT molecular complexity index is 519. The van der Waals surface area contributed by atoms with Gasteiger partial charge in [-0.25, -0.2) is 0 Å². The standard InChI is InChI=1S/C21H33ClO5/c1-26-21(25)9-5-4-8-16-13-18-17(19(24)14-20(18)27-16)11-10-15(23)7-3-2-6-12-22/h8,10-11,15,17-20,23-24H,2-7,9,12-14H2,1H3/b11-10+,16-8-/t15-,17+,18+,19+,20-/m0/s1. The first kappa shape index (κ1) is 22.3. The molecule has 0 aromatic carbocycles. The Hall–Kier alpha value is -1.04. The van der Waals surface area contributed by atoms with Crippen molar-refractivity contribution in [2.75, 3.05) is 13.0 Å². The van der Waals surface area contributed by atoms with Crippen LogP contribution in [0, 0.1) is 11.8 Å². The molecule has 0 bridgehead atoms. The van der Waals surface area contributed by atoms with E-state index in [2.05, 4.69) is 10.8 Å². The molecule has 2 aliphatic rings. The molecule has 1 saturated carbocycles. The van der Waals surface area contributed by atoms with E-state index in [4.69, 9.17) is 16.3 Å². The lowest BCUT2D eigenvalue weighted by Crippen LogP contribution is -2.18. The maximum atomic E-state index is 11.1. The Balaban J connectivity index is 1.78. The van der Waals surface area contributed by atoms with Gasteiger partial charge < -0.3 is 19.7 Å². The first-order valence-corrected chi connectivity index (χ1v) is 10.6. The molecule has 0 spiro atoms. The number of ether oxygens (including phenoxy) is 2. The fraction of sp³-hybridized carbons (Fsp3) is 0.762. The summed E-state index contributed by atoms with van der Waals surface area (Å²) in [6.45, 7) is 0. The van der Waals surface area contributed by atoms with Gasteiger partial charge >= 0.3 is 5.97 Å². The van der Waals surface area contributed by atoms with Crippen LogP contribution in [0.1, 0.15) is 57.8 Å². The zero-order valence-electron chi connectivity index (χ0n) is 16.2.